The SMILES string of the molecule is OC[C@H]1CC[C@@H](n2c(Nc3c(F)cccc3F)nc3cnc(N[C@H]4CC[C@H](O)CC4)nc32)CC1. The molecule has 2 saturated carbocycles. The molecule has 0 atom stereocenters. The summed E-state index contributed by atoms with van der Waals surface area (Å²) in [5.41, 5.74) is 0.878. The molecule has 34 heavy (non-hydrogen) atoms. The van der Waals surface area contributed by atoms with Gasteiger partial charge in [-0.2, -0.15) is 4.98 Å². The molecule has 2 heterocycles. The highest BCUT2D eigenvalue weighted by Crippen LogP contribution is 2.37. The lowest BCUT2D eigenvalue weighted by Crippen LogP contribution is -2.29. The molecule has 2 aliphatic rings. The van der Waals surface area contributed by atoms with E-state index in [1.54, 1.807) is 6.20 Å². The molecule has 0 aliphatic heterocycles. The maximum Gasteiger partial charge on any atom is 0.224 e. The Kier molecular flexibility index (Phi) is 6.60. The van der Waals surface area contributed by atoms with E-state index in [0.717, 1.165) is 51.4 Å². The lowest BCUT2D eigenvalue weighted by molar-refractivity contribution is 0.126. The van der Waals surface area contributed by atoms with Crippen LogP contribution >= 0.6 is 0 Å². The second kappa shape index (κ2) is 9.79. The van der Waals surface area contributed by atoms with Crippen LogP contribution < -0.4 is 10.6 Å². The monoisotopic (exact) mass is 472 g/mol. The molecular formula is C24H30F2N6O2. The van der Waals surface area contributed by atoms with Crippen LogP contribution in [0.15, 0.2) is 24.4 Å². The summed E-state index contributed by atoms with van der Waals surface area (Å²) in [4.78, 5) is 13.8. The highest BCUT2D eigenvalue weighted by Gasteiger charge is 2.28. The van der Waals surface area contributed by atoms with Gasteiger partial charge in [0.25, 0.3) is 0 Å². The van der Waals surface area contributed by atoms with Crippen molar-refractivity contribution in [2.24, 2.45) is 5.92 Å². The van der Waals surface area contributed by atoms with Crippen molar-refractivity contribution in [3.63, 3.8) is 0 Å². The second-order valence-corrected chi connectivity index (χ2v) is 9.44. The molecule has 0 unspecified atom stereocenters. The smallest absolute Gasteiger partial charge is 0.224 e. The zero-order valence-electron chi connectivity index (χ0n) is 18.9. The Bertz CT molecular complexity index is 1120. The third-order valence-corrected chi connectivity index (χ3v) is 7.10. The van der Waals surface area contributed by atoms with Crippen molar-refractivity contribution in [3.8, 4) is 0 Å². The second-order valence-electron chi connectivity index (χ2n) is 9.44. The molecule has 4 N–H and O–H groups in total. The van der Waals surface area contributed by atoms with E-state index >= 15 is 0 Å². The van der Waals surface area contributed by atoms with Crippen LogP contribution in [0.4, 0.5) is 26.4 Å². The Hall–Kier alpha value is -2.85. The Balaban J connectivity index is 1.50. The Morgan fingerprint density at radius 1 is 0.971 bits per heavy atom. The third kappa shape index (κ3) is 4.69. The zero-order chi connectivity index (χ0) is 23.7. The first-order valence-electron chi connectivity index (χ1n) is 12.0. The summed E-state index contributed by atoms with van der Waals surface area (Å²) in [6.07, 6.45) is 7.87. The van der Waals surface area contributed by atoms with Crippen LogP contribution in [0, 0.1) is 17.6 Å². The standard InChI is InChI=1S/C24H30F2N6O2/c25-18-2-1-3-19(26)21(18)30-24-29-20-12-27-23(28-15-6-10-17(34)11-7-15)31-22(20)32(24)16-8-4-14(13-33)5-9-16/h1-3,12,14-17,33-34H,4-11,13H2,(H,29,30)(H,27,28,31)/t14-,15-,16+,17-. The number of benzene rings is 1. The molecule has 10 heteroatoms. The van der Waals surface area contributed by atoms with Gasteiger partial charge in [0.2, 0.25) is 11.9 Å². The molecule has 1 aromatic carbocycles. The fourth-order valence-corrected chi connectivity index (χ4v) is 5.11. The van der Waals surface area contributed by atoms with Gasteiger partial charge in [-0.3, -0.25) is 4.57 Å². The van der Waals surface area contributed by atoms with Gasteiger partial charge < -0.3 is 20.8 Å². The van der Waals surface area contributed by atoms with E-state index in [2.05, 4.69) is 20.6 Å². The molecule has 3 aromatic rings. The summed E-state index contributed by atoms with van der Waals surface area (Å²) < 4.78 is 30.7. The van der Waals surface area contributed by atoms with Crippen LogP contribution in [0.1, 0.15) is 57.4 Å². The van der Waals surface area contributed by atoms with Crippen molar-refractivity contribution in [1.82, 2.24) is 19.5 Å². The lowest BCUT2D eigenvalue weighted by Gasteiger charge is -2.29. The molecule has 5 rings (SSSR count). The quantitative estimate of drug-likeness (QED) is 0.424. The molecule has 0 amide bonds. The van der Waals surface area contributed by atoms with Crippen molar-refractivity contribution in [3.05, 3.63) is 36.0 Å². The van der Waals surface area contributed by atoms with Crippen LogP contribution in [0.5, 0.6) is 0 Å². The maximum absolute atomic E-state index is 14.4. The minimum absolute atomic E-state index is 0.0257. The van der Waals surface area contributed by atoms with Crippen LogP contribution in [-0.2, 0) is 0 Å². The molecular weight excluding hydrogens is 442 g/mol. The topological polar surface area (TPSA) is 108 Å². The number of aromatic nitrogens is 4. The molecule has 2 aromatic heterocycles. The van der Waals surface area contributed by atoms with Crippen molar-refractivity contribution in [2.45, 2.75) is 69.6 Å². The van der Waals surface area contributed by atoms with E-state index in [0.29, 0.717) is 23.1 Å². The predicted molar refractivity (Wildman–Crippen MR) is 125 cm³/mol. The first-order valence-corrected chi connectivity index (χ1v) is 12.0. The number of nitrogens with one attached hydrogen (secondary N) is 2. The number of nitrogens with zero attached hydrogens (tertiary/aromatic N) is 4. The summed E-state index contributed by atoms with van der Waals surface area (Å²) in [5.74, 6) is -0.340. The van der Waals surface area contributed by atoms with Crippen molar-refractivity contribution in [1.29, 1.82) is 0 Å². The molecule has 0 radical (unpaired) electrons. The highest BCUT2D eigenvalue weighted by atomic mass is 19.1. The summed E-state index contributed by atoms with van der Waals surface area (Å²) in [5, 5.41) is 25.5. The number of rotatable bonds is 6. The van der Waals surface area contributed by atoms with Gasteiger partial charge in [-0.15, -0.1) is 0 Å². The maximum atomic E-state index is 14.4. The van der Waals surface area contributed by atoms with Crippen molar-refractivity contribution < 1.29 is 19.0 Å². The van der Waals surface area contributed by atoms with Gasteiger partial charge in [-0.1, -0.05) is 6.07 Å². The minimum Gasteiger partial charge on any atom is -0.396 e. The van der Waals surface area contributed by atoms with E-state index in [-0.39, 0.29) is 36.4 Å². The number of aliphatic hydroxyl groups excluding tert-OH is 2. The summed E-state index contributed by atoms with van der Waals surface area (Å²) >= 11 is 0. The minimum atomic E-state index is -0.699. The van der Waals surface area contributed by atoms with Crippen LogP contribution in [0.25, 0.3) is 11.2 Å². The van der Waals surface area contributed by atoms with E-state index in [4.69, 9.17) is 4.98 Å². The zero-order valence-corrected chi connectivity index (χ0v) is 18.9. The number of anilines is 3. The number of imidazole rings is 1. The van der Waals surface area contributed by atoms with Crippen LogP contribution in [0.2, 0.25) is 0 Å². The number of para-hydroxylation sites is 1. The molecule has 2 aliphatic carbocycles. The Morgan fingerprint density at radius 3 is 2.35 bits per heavy atom. The van der Waals surface area contributed by atoms with Crippen LogP contribution in [0.3, 0.4) is 0 Å². The summed E-state index contributed by atoms with van der Waals surface area (Å²) in [6, 6.07) is 3.93. The Morgan fingerprint density at radius 2 is 1.68 bits per heavy atom. The number of aliphatic hydroxyl groups is 2. The number of fused-ring (bicyclic) bond motifs is 1. The number of hydrogen-bond acceptors (Lipinski definition) is 7. The van der Waals surface area contributed by atoms with Crippen molar-refractivity contribution in [2.75, 3.05) is 17.2 Å². The largest absolute Gasteiger partial charge is 0.396 e. The first kappa shape index (κ1) is 22.9. The molecule has 0 bridgehead atoms. The molecule has 0 spiro atoms. The Labute approximate surface area is 196 Å². The molecule has 8 nitrogen and oxygen atoms in total. The van der Waals surface area contributed by atoms with Gasteiger partial charge >= 0.3 is 0 Å². The first-order chi connectivity index (χ1) is 16.5. The van der Waals surface area contributed by atoms with Gasteiger partial charge in [-0.05, 0) is 69.4 Å². The van der Waals surface area contributed by atoms with E-state index in [9.17, 15) is 19.0 Å². The number of hydrogen-bond donors (Lipinski definition) is 4. The fraction of sp³-hybridized carbons (Fsp3) is 0.542. The average molecular weight is 473 g/mol. The van der Waals surface area contributed by atoms with E-state index in [1.165, 1.54) is 18.2 Å². The summed E-state index contributed by atoms with van der Waals surface area (Å²) in [7, 11) is 0. The third-order valence-electron chi connectivity index (χ3n) is 7.10. The molecule has 0 saturated heterocycles. The van der Waals surface area contributed by atoms with Gasteiger partial charge in [-0.25, -0.2) is 18.7 Å². The molecule has 182 valence electrons. The van der Waals surface area contributed by atoms with E-state index in [1.807, 2.05) is 4.57 Å². The molecule has 2 fully saturated rings. The highest BCUT2D eigenvalue weighted by molar-refractivity contribution is 5.76. The van der Waals surface area contributed by atoms with Gasteiger partial charge in [0, 0.05) is 18.7 Å². The fourth-order valence-electron chi connectivity index (χ4n) is 5.11. The van der Waals surface area contributed by atoms with E-state index < -0.39 is 11.6 Å². The average Bonchev–Trinajstić information content (AvgIpc) is 3.20. The lowest BCUT2D eigenvalue weighted by atomic mass is 9.86. The predicted octanol–water partition coefficient (Wildman–Crippen LogP) is 4.29. The van der Waals surface area contributed by atoms with Crippen molar-refractivity contribution >= 4 is 28.7 Å². The normalized spacial score (nSPS) is 25.4. The van der Waals surface area contributed by atoms with Gasteiger partial charge in [0.1, 0.15) is 22.8 Å². The van der Waals surface area contributed by atoms with Gasteiger partial charge in [0.05, 0.1) is 12.3 Å². The van der Waals surface area contributed by atoms with Gasteiger partial charge in [0.15, 0.2) is 5.65 Å². The number of halogens is 2. The summed E-state index contributed by atoms with van der Waals surface area (Å²) in [6.45, 7) is 0.162. The van der Waals surface area contributed by atoms with Crippen LogP contribution in [-0.4, -0.2) is 48.5 Å².